The Morgan fingerprint density at radius 3 is 2.22 bits per heavy atom. The fourth-order valence-corrected chi connectivity index (χ4v) is 2.80. The van der Waals surface area contributed by atoms with Crippen LogP contribution in [0.3, 0.4) is 0 Å². The maximum absolute atomic E-state index is 9.25. The molecule has 18 heavy (non-hydrogen) atoms. The molecule has 1 aliphatic carbocycles. The molecule has 0 radical (unpaired) electrons. The number of pyridine rings is 1. The van der Waals surface area contributed by atoms with Crippen molar-refractivity contribution in [3.63, 3.8) is 0 Å². The topological polar surface area (TPSA) is 48.7 Å². The highest BCUT2D eigenvalue weighted by Crippen LogP contribution is 2.63. The molecule has 3 nitrogen and oxygen atoms in total. The maximum Gasteiger partial charge on any atom is 0.103 e. The van der Waals surface area contributed by atoms with Crippen LogP contribution in [0.4, 0.5) is 5.69 Å². The van der Waals surface area contributed by atoms with Crippen LogP contribution in [0.15, 0.2) is 6.07 Å². The third-order valence-corrected chi connectivity index (χ3v) is 4.76. The molecule has 1 fully saturated rings. The van der Waals surface area contributed by atoms with Gasteiger partial charge in [0.1, 0.15) is 6.07 Å². The number of aromatic nitrogens is 1. The van der Waals surface area contributed by atoms with Crippen LogP contribution < -0.4 is 5.32 Å². The molecule has 0 amide bonds. The van der Waals surface area contributed by atoms with Crippen molar-refractivity contribution in [3.05, 3.63) is 23.0 Å². The lowest BCUT2D eigenvalue weighted by Gasteiger charge is -2.12. The van der Waals surface area contributed by atoms with E-state index < -0.39 is 0 Å². The Hall–Kier alpha value is -1.56. The van der Waals surface area contributed by atoms with Gasteiger partial charge in [0.15, 0.2) is 0 Å². The van der Waals surface area contributed by atoms with Gasteiger partial charge < -0.3 is 5.32 Å². The molecule has 0 bridgehead atoms. The van der Waals surface area contributed by atoms with Crippen molar-refractivity contribution in [1.29, 1.82) is 5.26 Å². The molecular formula is C15H21N3. The van der Waals surface area contributed by atoms with E-state index in [9.17, 15) is 5.26 Å². The number of aryl methyl sites for hydroxylation is 2. The second kappa shape index (κ2) is 3.71. The predicted molar refractivity (Wildman–Crippen MR) is 73.4 cm³/mol. The summed E-state index contributed by atoms with van der Waals surface area (Å²) in [6, 6.07) is 4.62. The summed E-state index contributed by atoms with van der Waals surface area (Å²) in [6.45, 7) is 12.9. The summed E-state index contributed by atoms with van der Waals surface area (Å²) in [7, 11) is 0. The molecule has 1 aromatic heterocycles. The van der Waals surface area contributed by atoms with Crippen molar-refractivity contribution < 1.29 is 0 Å². The molecule has 1 heterocycles. The summed E-state index contributed by atoms with van der Waals surface area (Å²) in [6.07, 6.45) is 0. The first kappa shape index (κ1) is 12.9. The predicted octanol–water partition coefficient (Wildman–Crippen LogP) is 3.42. The Morgan fingerprint density at radius 2 is 1.78 bits per heavy atom. The van der Waals surface area contributed by atoms with Gasteiger partial charge >= 0.3 is 0 Å². The number of nitrogens with one attached hydrogen (secondary N) is 1. The molecule has 0 spiro atoms. The number of hydrogen-bond donors (Lipinski definition) is 1. The quantitative estimate of drug-likeness (QED) is 0.865. The van der Waals surface area contributed by atoms with E-state index in [2.05, 4.69) is 44.1 Å². The molecular weight excluding hydrogens is 222 g/mol. The highest BCUT2D eigenvalue weighted by atomic mass is 15.1. The minimum atomic E-state index is 0.255. The minimum absolute atomic E-state index is 0.255. The van der Waals surface area contributed by atoms with E-state index in [0.29, 0.717) is 11.6 Å². The monoisotopic (exact) mass is 243 g/mol. The van der Waals surface area contributed by atoms with Crippen LogP contribution in [-0.2, 0) is 0 Å². The summed E-state index contributed by atoms with van der Waals surface area (Å²) in [5.41, 5.74) is 3.85. The molecule has 0 aromatic carbocycles. The Labute approximate surface area is 109 Å². The summed E-state index contributed by atoms with van der Waals surface area (Å²) in [5, 5.41) is 12.8. The Morgan fingerprint density at radius 1 is 1.22 bits per heavy atom. The summed E-state index contributed by atoms with van der Waals surface area (Å²) in [5.74, 6) is 0. The van der Waals surface area contributed by atoms with Gasteiger partial charge in [-0.1, -0.05) is 27.7 Å². The van der Waals surface area contributed by atoms with Gasteiger partial charge in [0.25, 0.3) is 0 Å². The first-order chi connectivity index (χ1) is 8.21. The first-order valence-corrected chi connectivity index (χ1v) is 6.36. The lowest BCUT2D eigenvalue weighted by Crippen LogP contribution is -2.12. The SMILES string of the molecule is Cc1cc(NC2C(C)(C)C2(C)C)c(C#N)c(C)n1. The van der Waals surface area contributed by atoms with Crippen molar-refractivity contribution in [1.82, 2.24) is 4.98 Å². The Kier molecular flexibility index (Phi) is 2.66. The van der Waals surface area contributed by atoms with E-state index >= 15 is 0 Å². The van der Waals surface area contributed by atoms with Crippen LogP contribution in [-0.4, -0.2) is 11.0 Å². The summed E-state index contributed by atoms with van der Waals surface area (Å²) < 4.78 is 0. The summed E-state index contributed by atoms with van der Waals surface area (Å²) >= 11 is 0. The number of rotatable bonds is 2. The lowest BCUT2D eigenvalue weighted by molar-refractivity contribution is 0.457. The lowest BCUT2D eigenvalue weighted by atomic mass is 10.0. The highest BCUT2D eigenvalue weighted by molar-refractivity contribution is 5.61. The van der Waals surface area contributed by atoms with Crippen LogP contribution in [0, 0.1) is 36.0 Å². The van der Waals surface area contributed by atoms with Crippen LogP contribution >= 0.6 is 0 Å². The molecule has 2 rings (SSSR count). The van der Waals surface area contributed by atoms with Crippen molar-refractivity contribution in [2.75, 3.05) is 5.32 Å². The molecule has 3 heteroatoms. The maximum atomic E-state index is 9.25. The van der Waals surface area contributed by atoms with Crippen LogP contribution in [0.25, 0.3) is 0 Å². The average molecular weight is 243 g/mol. The largest absolute Gasteiger partial charge is 0.380 e. The van der Waals surface area contributed by atoms with Crippen LogP contribution in [0.5, 0.6) is 0 Å². The second-order valence-corrected chi connectivity index (χ2v) is 6.40. The third-order valence-electron chi connectivity index (χ3n) is 4.76. The molecule has 0 atom stereocenters. The van der Waals surface area contributed by atoms with Gasteiger partial charge in [-0.2, -0.15) is 5.26 Å². The molecule has 1 N–H and O–H groups in total. The highest BCUT2D eigenvalue weighted by Gasteiger charge is 2.65. The van der Waals surface area contributed by atoms with Crippen LogP contribution in [0.1, 0.15) is 44.6 Å². The van der Waals surface area contributed by atoms with Crippen molar-refractivity contribution in [3.8, 4) is 6.07 Å². The van der Waals surface area contributed by atoms with Gasteiger partial charge in [-0.25, -0.2) is 0 Å². The fourth-order valence-electron chi connectivity index (χ4n) is 2.80. The van der Waals surface area contributed by atoms with E-state index in [0.717, 1.165) is 17.1 Å². The van der Waals surface area contributed by atoms with E-state index in [1.165, 1.54) is 0 Å². The molecule has 1 saturated carbocycles. The normalized spacial score (nSPS) is 20.3. The van der Waals surface area contributed by atoms with Crippen LogP contribution in [0.2, 0.25) is 0 Å². The van der Waals surface area contributed by atoms with Gasteiger partial charge in [0, 0.05) is 11.7 Å². The zero-order valence-corrected chi connectivity index (χ0v) is 12.0. The van der Waals surface area contributed by atoms with E-state index in [4.69, 9.17) is 0 Å². The Bertz CT molecular complexity index is 521. The molecule has 1 aliphatic rings. The molecule has 0 unspecified atom stereocenters. The number of hydrogen-bond acceptors (Lipinski definition) is 3. The van der Waals surface area contributed by atoms with Gasteiger partial charge in [-0.15, -0.1) is 0 Å². The third kappa shape index (κ3) is 1.68. The number of anilines is 1. The summed E-state index contributed by atoms with van der Waals surface area (Å²) in [4.78, 5) is 4.34. The van der Waals surface area contributed by atoms with Gasteiger partial charge in [0.05, 0.1) is 16.9 Å². The van der Waals surface area contributed by atoms with E-state index in [-0.39, 0.29) is 10.8 Å². The van der Waals surface area contributed by atoms with E-state index in [1.807, 2.05) is 19.9 Å². The Balaban J connectivity index is 2.35. The minimum Gasteiger partial charge on any atom is -0.380 e. The number of nitrogens with zero attached hydrogens (tertiary/aromatic N) is 2. The van der Waals surface area contributed by atoms with E-state index in [1.54, 1.807) is 0 Å². The smallest absolute Gasteiger partial charge is 0.103 e. The zero-order chi connectivity index (χ0) is 13.7. The number of nitriles is 1. The fraction of sp³-hybridized carbons (Fsp3) is 0.600. The molecule has 0 aliphatic heterocycles. The van der Waals surface area contributed by atoms with Crippen molar-refractivity contribution in [2.45, 2.75) is 47.6 Å². The zero-order valence-electron chi connectivity index (χ0n) is 12.0. The molecule has 1 aromatic rings. The van der Waals surface area contributed by atoms with Crippen molar-refractivity contribution >= 4 is 5.69 Å². The molecule has 0 saturated heterocycles. The first-order valence-electron chi connectivity index (χ1n) is 6.36. The molecule has 96 valence electrons. The average Bonchev–Trinajstić information content (AvgIpc) is 2.60. The second-order valence-electron chi connectivity index (χ2n) is 6.40. The standard InChI is InChI=1S/C15H21N3/c1-9-7-12(11(8-16)10(2)17-9)18-13-14(3,4)15(13,5)6/h7,13H,1-6H3,(H,17,18). The van der Waals surface area contributed by atoms with Gasteiger partial charge in [-0.05, 0) is 30.7 Å². The van der Waals surface area contributed by atoms with Crippen molar-refractivity contribution in [2.24, 2.45) is 10.8 Å². The van der Waals surface area contributed by atoms with Gasteiger partial charge in [-0.3, -0.25) is 4.98 Å². The van der Waals surface area contributed by atoms with Gasteiger partial charge in [0.2, 0.25) is 0 Å².